The van der Waals surface area contributed by atoms with Gasteiger partial charge in [0, 0.05) is 16.9 Å². The van der Waals surface area contributed by atoms with Crippen molar-refractivity contribution in [3.8, 4) is 0 Å². The third-order valence-corrected chi connectivity index (χ3v) is 3.26. The van der Waals surface area contributed by atoms with E-state index in [1.54, 1.807) is 6.07 Å². The van der Waals surface area contributed by atoms with E-state index in [2.05, 4.69) is 36.1 Å². The molecule has 1 amide bonds. The number of anilines is 1. The van der Waals surface area contributed by atoms with Gasteiger partial charge < -0.3 is 4.98 Å². The second kappa shape index (κ2) is 4.97. The van der Waals surface area contributed by atoms with Gasteiger partial charge in [-0.25, -0.2) is 4.98 Å². The van der Waals surface area contributed by atoms with E-state index >= 15 is 0 Å². The van der Waals surface area contributed by atoms with Crippen LogP contribution in [0.4, 0.5) is 5.13 Å². The van der Waals surface area contributed by atoms with E-state index in [1.807, 2.05) is 5.38 Å². The number of hydrogen-bond donors (Lipinski definition) is 2. The number of amides is 1. The van der Waals surface area contributed by atoms with Crippen LogP contribution in [0, 0.1) is 0 Å². The Morgan fingerprint density at radius 2 is 2.11 bits per heavy atom. The first kappa shape index (κ1) is 13.5. The number of aromatic amines is 1. The molecule has 2 aromatic rings. The lowest BCUT2D eigenvalue weighted by Gasteiger charge is -2.14. The summed E-state index contributed by atoms with van der Waals surface area (Å²) in [5.41, 5.74) is 0.789. The summed E-state index contributed by atoms with van der Waals surface area (Å²) in [6.45, 7) is 6.17. The van der Waals surface area contributed by atoms with Crippen molar-refractivity contribution < 1.29 is 4.79 Å². The van der Waals surface area contributed by atoms with Crippen LogP contribution in [0.3, 0.4) is 0 Å². The molecule has 0 saturated carbocycles. The second-order valence-electron chi connectivity index (χ2n) is 5.17. The normalized spacial score (nSPS) is 11.3. The lowest BCUT2D eigenvalue weighted by molar-refractivity contribution is 0.102. The molecule has 19 heavy (non-hydrogen) atoms. The highest BCUT2D eigenvalue weighted by Gasteiger charge is 2.18. The number of nitrogens with zero attached hydrogens (tertiary/aromatic N) is 1. The summed E-state index contributed by atoms with van der Waals surface area (Å²) < 4.78 is 0. The molecule has 0 aliphatic carbocycles. The van der Waals surface area contributed by atoms with Crippen LogP contribution in [0.1, 0.15) is 37.0 Å². The van der Waals surface area contributed by atoms with Crippen molar-refractivity contribution >= 4 is 22.4 Å². The van der Waals surface area contributed by atoms with E-state index in [0.717, 1.165) is 5.69 Å². The van der Waals surface area contributed by atoms with Crippen molar-refractivity contribution in [1.29, 1.82) is 0 Å². The number of H-pyrrole nitrogens is 1. The molecule has 0 spiro atoms. The zero-order valence-electron chi connectivity index (χ0n) is 11.0. The quantitative estimate of drug-likeness (QED) is 0.885. The minimum absolute atomic E-state index is 0.0550. The van der Waals surface area contributed by atoms with E-state index < -0.39 is 0 Å². The summed E-state index contributed by atoms with van der Waals surface area (Å²) in [5.74, 6) is -0.368. The highest BCUT2D eigenvalue weighted by molar-refractivity contribution is 7.14. The molecule has 2 rings (SSSR count). The fourth-order valence-corrected chi connectivity index (χ4v) is 2.35. The number of hydrogen-bond acceptors (Lipinski definition) is 4. The van der Waals surface area contributed by atoms with E-state index in [-0.39, 0.29) is 22.6 Å². The fraction of sp³-hybridized carbons (Fsp3) is 0.308. The molecule has 0 aromatic carbocycles. The lowest BCUT2D eigenvalue weighted by atomic mass is 9.93. The van der Waals surface area contributed by atoms with Crippen molar-refractivity contribution in [3.05, 3.63) is 45.3 Å². The van der Waals surface area contributed by atoms with E-state index in [0.29, 0.717) is 5.13 Å². The Morgan fingerprint density at radius 1 is 1.37 bits per heavy atom. The van der Waals surface area contributed by atoms with Gasteiger partial charge in [-0.3, -0.25) is 14.9 Å². The molecular formula is C13H15N3O2S. The van der Waals surface area contributed by atoms with Crippen LogP contribution in [-0.2, 0) is 5.41 Å². The minimum Gasteiger partial charge on any atom is -0.318 e. The number of nitrogens with one attached hydrogen (secondary N) is 2. The largest absolute Gasteiger partial charge is 0.318 e. The minimum atomic E-state index is -0.368. The maximum absolute atomic E-state index is 11.9. The van der Waals surface area contributed by atoms with E-state index in [4.69, 9.17) is 0 Å². The molecule has 0 aliphatic heterocycles. The highest BCUT2D eigenvalue weighted by Crippen LogP contribution is 2.26. The van der Waals surface area contributed by atoms with Crippen LogP contribution in [0.25, 0.3) is 0 Å². The average molecular weight is 277 g/mol. The van der Waals surface area contributed by atoms with Gasteiger partial charge in [-0.15, -0.1) is 11.3 Å². The number of thiazole rings is 1. The summed E-state index contributed by atoms with van der Waals surface area (Å²) >= 11 is 1.37. The maximum Gasteiger partial charge on any atom is 0.273 e. The van der Waals surface area contributed by atoms with Gasteiger partial charge in [0.2, 0.25) is 5.56 Å². The summed E-state index contributed by atoms with van der Waals surface area (Å²) in [4.78, 5) is 29.9. The van der Waals surface area contributed by atoms with Gasteiger partial charge in [0.15, 0.2) is 5.13 Å². The number of pyridine rings is 1. The summed E-state index contributed by atoms with van der Waals surface area (Å²) in [5, 5.41) is 5.12. The standard InChI is InChI=1S/C13H15N3O2S/c1-13(2,3)9-7-19-12(15-9)16-11(18)8-5-4-6-10(17)14-8/h4-7H,1-3H3,(H,14,17)(H,15,16,18). The average Bonchev–Trinajstić information content (AvgIpc) is 2.77. The third kappa shape index (κ3) is 3.29. The highest BCUT2D eigenvalue weighted by atomic mass is 32.1. The monoisotopic (exact) mass is 277 g/mol. The zero-order chi connectivity index (χ0) is 14.0. The number of aromatic nitrogens is 2. The van der Waals surface area contributed by atoms with E-state index in [9.17, 15) is 9.59 Å². The molecule has 0 bridgehead atoms. The van der Waals surface area contributed by atoms with Gasteiger partial charge in [0.05, 0.1) is 5.69 Å². The Kier molecular flexibility index (Phi) is 3.53. The maximum atomic E-state index is 11.9. The van der Waals surface area contributed by atoms with Crippen molar-refractivity contribution in [3.63, 3.8) is 0 Å². The molecule has 0 radical (unpaired) electrons. The van der Waals surface area contributed by atoms with Crippen LogP contribution in [0.5, 0.6) is 0 Å². The topological polar surface area (TPSA) is 74.8 Å². The van der Waals surface area contributed by atoms with Crippen LogP contribution in [0.15, 0.2) is 28.4 Å². The number of carbonyl (C=O) groups is 1. The van der Waals surface area contributed by atoms with Gasteiger partial charge >= 0.3 is 0 Å². The summed E-state index contributed by atoms with van der Waals surface area (Å²) in [6.07, 6.45) is 0. The molecule has 6 heteroatoms. The first-order valence-electron chi connectivity index (χ1n) is 5.83. The Balaban J connectivity index is 2.16. The lowest BCUT2D eigenvalue weighted by Crippen LogP contribution is -2.18. The Labute approximate surface area is 114 Å². The predicted octanol–water partition coefficient (Wildman–Crippen LogP) is 2.38. The molecule has 0 fully saturated rings. The van der Waals surface area contributed by atoms with Gasteiger partial charge in [-0.2, -0.15) is 0 Å². The van der Waals surface area contributed by atoms with Gasteiger partial charge in [0.1, 0.15) is 5.69 Å². The molecule has 2 heterocycles. The molecule has 2 N–H and O–H groups in total. The van der Waals surface area contributed by atoms with Crippen LogP contribution < -0.4 is 10.9 Å². The molecule has 5 nitrogen and oxygen atoms in total. The van der Waals surface area contributed by atoms with Crippen LogP contribution in [0.2, 0.25) is 0 Å². The van der Waals surface area contributed by atoms with Gasteiger partial charge in [-0.1, -0.05) is 26.8 Å². The first-order chi connectivity index (χ1) is 8.86. The fourth-order valence-electron chi connectivity index (χ4n) is 1.42. The molecular weight excluding hydrogens is 262 g/mol. The number of rotatable bonds is 2. The molecule has 0 saturated heterocycles. The predicted molar refractivity (Wildman–Crippen MR) is 75.8 cm³/mol. The van der Waals surface area contributed by atoms with Crippen molar-refractivity contribution in [1.82, 2.24) is 9.97 Å². The van der Waals surface area contributed by atoms with Crippen molar-refractivity contribution in [2.75, 3.05) is 5.32 Å². The zero-order valence-corrected chi connectivity index (χ0v) is 11.8. The first-order valence-corrected chi connectivity index (χ1v) is 6.71. The molecule has 0 atom stereocenters. The van der Waals surface area contributed by atoms with Crippen molar-refractivity contribution in [2.24, 2.45) is 0 Å². The van der Waals surface area contributed by atoms with Crippen LogP contribution >= 0.6 is 11.3 Å². The third-order valence-electron chi connectivity index (χ3n) is 2.51. The summed E-state index contributed by atoms with van der Waals surface area (Å²) in [6, 6.07) is 4.45. The summed E-state index contributed by atoms with van der Waals surface area (Å²) in [7, 11) is 0. The molecule has 100 valence electrons. The van der Waals surface area contributed by atoms with Gasteiger partial charge in [0.25, 0.3) is 5.91 Å². The Hall–Kier alpha value is -1.95. The van der Waals surface area contributed by atoms with Crippen LogP contribution in [-0.4, -0.2) is 15.9 Å². The Morgan fingerprint density at radius 3 is 2.68 bits per heavy atom. The Bertz CT molecular complexity index is 652. The molecule has 2 aromatic heterocycles. The van der Waals surface area contributed by atoms with Gasteiger partial charge in [-0.05, 0) is 6.07 Å². The smallest absolute Gasteiger partial charge is 0.273 e. The molecule has 0 aliphatic rings. The van der Waals surface area contributed by atoms with E-state index in [1.165, 1.54) is 23.5 Å². The molecule has 0 unspecified atom stereocenters. The second-order valence-corrected chi connectivity index (χ2v) is 6.03. The SMILES string of the molecule is CC(C)(C)c1csc(NC(=O)c2cccc(=O)[nH]2)n1. The van der Waals surface area contributed by atoms with Crippen molar-refractivity contribution in [2.45, 2.75) is 26.2 Å². The number of carbonyl (C=O) groups excluding carboxylic acids is 1.